The van der Waals surface area contributed by atoms with Gasteiger partial charge >= 0.3 is 0 Å². The van der Waals surface area contributed by atoms with Crippen molar-refractivity contribution in [1.82, 2.24) is 9.88 Å². The zero-order chi connectivity index (χ0) is 17.8. The van der Waals surface area contributed by atoms with Gasteiger partial charge in [0.1, 0.15) is 5.75 Å². The number of aromatic nitrogens is 1. The number of aryl methyl sites for hydroxylation is 1. The number of hydrogen-bond donors (Lipinski definition) is 1. The van der Waals surface area contributed by atoms with Crippen molar-refractivity contribution in [3.63, 3.8) is 0 Å². The van der Waals surface area contributed by atoms with Crippen molar-refractivity contribution in [1.29, 1.82) is 0 Å². The molecule has 4 heteroatoms. The molecular formula is C21H30N2O2. The summed E-state index contributed by atoms with van der Waals surface area (Å²) in [6.45, 7) is 10.1. The summed E-state index contributed by atoms with van der Waals surface area (Å²) in [7, 11) is 0. The number of rotatable bonds is 6. The number of aromatic amines is 1. The second-order valence-corrected chi connectivity index (χ2v) is 7.45. The number of H-pyrrole nitrogens is 1. The van der Waals surface area contributed by atoms with Crippen molar-refractivity contribution in [3.8, 4) is 5.75 Å². The van der Waals surface area contributed by atoms with Crippen molar-refractivity contribution >= 4 is 10.9 Å². The van der Waals surface area contributed by atoms with Gasteiger partial charge < -0.3 is 9.72 Å². The maximum absolute atomic E-state index is 13.1. The van der Waals surface area contributed by atoms with E-state index in [0.29, 0.717) is 12.5 Å². The molecule has 0 aliphatic carbocycles. The van der Waals surface area contributed by atoms with Crippen LogP contribution in [0.1, 0.15) is 50.8 Å². The Bertz CT molecular complexity index is 781. The van der Waals surface area contributed by atoms with Gasteiger partial charge in [0.15, 0.2) is 5.43 Å². The van der Waals surface area contributed by atoms with Crippen molar-refractivity contribution in [2.75, 3.05) is 19.7 Å². The molecule has 0 bridgehead atoms. The maximum atomic E-state index is 13.1. The average molecular weight is 342 g/mol. The minimum Gasteiger partial charge on any atom is -0.494 e. The summed E-state index contributed by atoms with van der Waals surface area (Å²) in [6.07, 6.45) is 4.65. The fourth-order valence-corrected chi connectivity index (χ4v) is 3.70. The molecule has 0 radical (unpaired) electrons. The van der Waals surface area contributed by atoms with E-state index in [9.17, 15) is 4.79 Å². The molecule has 0 spiro atoms. The van der Waals surface area contributed by atoms with E-state index in [0.717, 1.165) is 60.4 Å². The van der Waals surface area contributed by atoms with Crippen molar-refractivity contribution in [3.05, 3.63) is 39.7 Å². The molecule has 1 aromatic heterocycles. The van der Waals surface area contributed by atoms with Gasteiger partial charge in [0.05, 0.1) is 6.61 Å². The smallest absolute Gasteiger partial charge is 0.194 e. The first-order valence-electron chi connectivity index (χ1n) is 9.59. The Hall–Kier alpha value is -1.81. The summed E-state index contributed by atoms with van der Waals surface area (Å²) >= 11 is 0. The second-order valence-electron chi connectivity index (χ2n) is 7.45. The van der Waals surface area contributed by atoms with Crippen LogP contribution < -0.4 is 10.2 Å². The van der Waals surface area contributed by atoms with Gasteiger partial charge in [-0.2, -0.15) is 0 Å². The summed E-state index contributed by atoms with van der Waals surface area (Å²) in [6, 6.07) is 5.79. The maximum Gasteiger partial charge on any atom is 0.194 e. The van der Waals surface area contributed by atoms with Crippen LogP contribution in [0.25, 0.3) is 10.9 Å². The Morgan fingerprint density at radius 1 is 1.36 bits per heavy atom. The highest BCUT2D eigenvalue weighted by molar-refractivity contribution is 5.81. The average Bonchev–Trinajstić information content (AvgIpc) is 2.59. The number of benzene rings is 1. The molecule has 1 aliphatic rings. The standard InChI is InChI=1S/C21H30N2O2/c1-4-5-11-25-17-8-9-20-18(12-17)21(24)19(16(3)22-20)14-23-10-6-7-15(2)13-23/h8-9,12,15H,4-7,10-11,13-14H2,1-3H3,(H,22,24)/t15-/m0/s1. The van der Waals surface area contributed by atoms with Gasteiger partial charge in [0, 0.05) is 35.2 Å². The van der Waals surface area contributed by atoms with E-state index in [1.807, 2.05) is 25.1 Å². The number of ether oxygens (including phenoxy) is 1. The number of likely N-dealkylation sites (tertiary alicyclic amines) is 1. The van der Waals surface area contributed by atoms with Crippen LogP contribution in [0.2, 0.25) is 0 Å². The van der Waals surface area contributed by atoms with E-state index in [1.54, 1.807) is 0 Å². The molecule has 0 saturated carbocycles. The van der Waals surface area contributed by atoms with Gasteiger partial charge in [0.25, 0.3) is 0 Å². The molecule has 0 unspecified atom stereocenters. The third-order valence-electron chi connectivity index (χ3n) is 5.17. The number of nitrogens with one attached hydrogen (secondary N) is 1. The molecule has 2 aromatic rings. The molecule has 4 nitrogen and oxygen atoms in total. The molecule has 1 atom stereocenters. The van der Waals surface area contributed by atoms with Crippen LogP contribution in [0.5, 0.6) is 5.75 Å². The Morgan fingerprint density at radius 2 is 2.20 bits per heavy atom. The molecule has 25 heavy (non-hydrogen) atoms. The quantitative estimate of drug-likeness (QED) is 0.798. The lowest BCUT2D eigenvalue weighted by Gasteiger charge is -2.31. The highest BCUT2D eigenvalue weighted by Crippen LogP contribution is 2.21. The predicted octanol–water partition coefficient (Wildman–Crippen LogP) is 4.25. The third kappa shape index (κ3) is 4.24. The number of fused-ring (bicyclic) bond motifs is 1. The Labute approximate surface area is 150 Å². The molecular weight excluding hydrogens is 312 g/mol. The number of unbranched alkanes of at least 4 members (excludes halogenated alkanes) is 1. The molecule has 1 aliphatic heterocycles. The fraction of sp³-hybridized carbons (Fsp3) is 0.571. The van der Waals surface area contributed by atoms with Crippen LogP contribution in [0.3, 0.4) is 0 Å². The lowest BCUT2D eigenvalue weighted by atomic mass is 9.99. The molecule has 3 rings (SSSR count). The fourth-order valence-electron chi connectivity index (χ4n) is 3.70. The number of piperidine rings is 1. The normalized spacial score (nSPS) is 18.6. The lowest BCUT2D eigenvalue weighted by molar-refractivity contribution is 0.176. The first-order valence-corrected chi connectivity index (χ1v) is 9.59. The first kappa shape index (κ1) is 18.0. The third-order valence-corrected chi connectivity index (χ3v) is 5.17. The van der Waals surface area contributed by atoms with E-state index >= 15 is 0 Å². The molecule has 1 N–H and O–H groups in total. The van der Waals surface area contributed by atoms with Gasteiger partial charge in [0.2, 0.25) is 0 Å². The SMILES string of the molecule is CCCCOc1ccc2[nH]c(C)c(CN3CCC[C@H](C)C3)c(=O)c2c1. The summed E-state index contributed by atoms with van der Waals surface area (Å²) in [4.78, 5) is 18.9. The summed E-state index contributed by atoms with van der Waals surface area (Å²) in [5.41, 5.74) is 2.91. The highest BCUT2D eigenvalue weighted by atomic mass is 16.5. The summed E-state index contributed by atoms with van der Waals surface area (Å²) in [5.74, 6) is 1.50. The van der Waals surface area contributed by atoms with E-state index in [4.69, 9.17) is 4.74 Å². The predicted molar refractivity (Wildman–Crippen MR) is 103 cm³/mol. The van der Waals surface area contributed by atoms with Crippen LogP contribution in [0.4, 0.5) is 0 Å². The van der Waals surface area contributed by atoms with Crippen molar-refractivity contribution < 1.29 is 4.74 Å². The molecule has 0 amide bonds. The van der Waals surface area contributed by atoms with E-state index in [-0.39, 0.29) is 5.43 Å². The Balaban J connectivity index is 1.88. The van der Waals surface area contributed by atoms with Crippen molar-refractivity contribution in [2.45, 2.75) is 53.0 Å². The minimum absolute atomic E-state index is 0.144. The zero-order valence-corrected chi connectivity index (χ0v) is 15.7. The topological polar surface area (TPSA) is 45.3 Å². The minimum atomic E-state index is 0.144. The molecule has 2 heterocycles. The zero-order valence-electron chi connectivity index (χ0n) is 15.7. The molecule has 1 aromatic carbocycles. The second kappa shape index (κ2) is 8.05. The van der Waals surface area contributed by atoms with Gasteiger partial charge in [-0.05, 0) is 56.8 Å². The monoisotopic (exact) mass is 342 g/mol. The molecule has 136 valence electrons. The summed E-state index contributed by atoms with van der Waals surface area (Å²) < 4.78 is 5.78. The van der Waals surface area contributed by atoms with Gasteiger partial charge in [-0.1, -0.05) is 20.3 Å². The first-order chi connectivity index (χ1) is 12.1. The van der Waals surface area contributed by atoms with Crippen LogP contribution in [-0.2, 0) is 6.54 Å². The van der Waals surface area contributed by atoms with E-state index in [2.05, 4.69) is 23.7 Å². The number of nitrogens with zero attached hydrogens (tertiary/aromatic N) is 1. The van der Waals surface area contributed by atoms with E-state index in [1.165, 1.54) is 12.8 Å². The number of hydrogen-bond acceptors (Lipinski definition) is 3. The Morgan fingerprint density at radius 3 is 2.96 bits per heavy atom. The Kier molecular flexibility index (Phi) is 5.79. The summed E-state index contributed by atoms with van der Waals surface area (Å²) in [5, 5.41) is 0.736. The van der Waals surface area contributed by atoms with Crippen LogP contribution in [0, 0.1) is 12.8 Å². The molecule has 1 saturated heterocycles. The van der Waals surface area contributed by atoms with Gasteiger partial charge in [-0.25, -0.2) is 0 Å². The van der Waals surface area contributed by atoms with Crippen LogP contribution in [0.15, 0.2) is 23.0 Å². The highest BCUT2D eigenvalue weighted by Gasteiger charge is 2.19. The van der Waals surface area contributed by atoms with E-state index < -0.39 is 0 Å². The van der Waals surface area contributed by atoms with Crippen LogP contribution >= 0.6 is 0 Å². The van der Waals surface area contributed by atoms with Gasteiger partial charge in [-0.3, -0.25) is 9.69 Å². The molecule has 1 fully saturated rings. The lowest BCUT2D eigenvalue weighted by Crippen LogP contribution is -2.35. The van der Waals surface area contributed by atoms with Crippen LogP contribution in [-0.4, -0.2) is 29.6 Å². The largest absolute Gasteiger partial charge is 0.494 e. The number of pyridine rings is 1. The van der Waals surface area contributed by atoms with Gasteiger partial charge in [-0.15, -0.1) is 0 Å². The van der Waals surface area contributed by atoms with Crippen molar-refractivity contribution in [2.24, 2.45) is 5.92 Å².